The van der Waals surface area contributed by atoms with E-state index in [1.165, 1.54) is 18.2 Å². The number of aromatic nitrogens is 1. The summed E-state index contributed by atoms with van der Waals surface area (Å²) in [4.78, 5) is 26.4. The van der Waals surface area contributed by atoms with Crippen molar-refractivity contribution in [3.8, 4) is 0 Å². The first-order chi connectivity index (χ1) is 9.02. The summed E-state index contributed by atoms with van der Waals surface area (Å²) in [5, 5.41) is 10.7. The van der Waals surface area contributed by atoms with Crippen LogP contribution >= 0.6 is 0 Å². The van der Waals surface area contributed by atoms with E-state index >= 15 is 0 Å². The molecule has 2 N–H and O–H groups in total. The van der Waals surface area contributed by atoms with Gasteiger partial charge in [0, 0.05) is 0 Å². The molecule has 1 atom stereocenters. The van der Waals surface area contributed by atoms with E-state index in [1.807, 2.05) is 0 Å². The van der Waals surface area contributed by atoms with E-state index in [0.717, 1.165) is 0 Å². The van der Waals surface area contributed by atoms with Gasteiger partial charge in [-0.05, 0) is 18.6 Å². The van der Waals surface area contributed by atoms with E-state index in [4.69, 9.17) is 9.52 Å². The average Bonchev–Trinajstić information content (AvgIpc) is 2.80. The lowest BCUT2D eigenvalue weighted by molar-refractivity contribution is 0.0902. The van der Waals surface area contributed by atoms with E-state index < -0.39 is 23.7 Å². The van der Waals surface area contributed by atoms with Crippen LogP contribution in [0.1, 0.15) is 24.0 Å². The van der Waals surface area contributed by atoms with Crippen molar-refractivity contribution in [3.63, 3.8) is 0 Å². The van der Waals surface area contributed by atoms with Gasteiger partial charge in [0.05, 0.1) is 0 Å². The summed E-state index contributed by atoms with van der Waals surface area (Å²) in [6, 6.07) is 3.17. The zero-order chi connectivity index (χ0) is 14.0. The molecule has 7 heteroatoms. The van der Waals surface area contributed by atoms with E-state index in [0.29, 0.717) is 0 Å². The number of fused-ring (bicyclic) bond motifs is 1. The zero-order valence-corrected chi connectivity index (χ0v) is 10.0. The van der Waals surface area contributed by atoms with Crippen LogP contribution in [-0.2, 0) is 0 Å². The second kappa shape index (κ2) is 5.05. The number of amides is 1. The Hall–Kier alpha value is -2.44. The molecule has 2 aromatic rings. The summed E-state index contributed by atoms with van der Waals surface area (Å²) in [6.45, 7) is 1.64. The summed E-state index contributed by atoms with van der Waals surface area (Å²) in [7, 11) is 0. The number of halogens is 1. The maximum Gasteiger partial charge on any atom is 0.405 e. The highest BCUT2D eigenvalue weighted by Crippen LogP contribution is 2.19. The highest BCUT2D eigenvalue weighted by Gasteiger charge is 2.25. The number of Topliss-reactive ketones (excluding diaryl/α,β-unsaturated/α-hetero) is 1. The lowest BCUT2D eigenvalue weighted by Crippen LogP contribution is -2.39. The summed E-state index contributed by atoms with van der Waals surface area (Å²) in [5.74, 6) is -1.55. The number of nitrogens with one attached hydrogen (secondary N) is 1. The molecule has 0 aliphatic carbocycles. The SMILES string of the molecule is CCC(NC(=O)O)C(=O)c1nc2cccc(F)c2o1. The van der Waals surface area contributed by atoms with Gasteiger partial charge in [-0.3, -0.25) is 4.79 Å². The van der Waals surface area contributed by atoms with Crippen LogP contribution in [0.5, 0.6) is 0 Å². The fraction of sp³-hybridized carbons (Fsp3) is 0.250. The van der Waals surface area contributed by atoms with Gasteiger partial charge >= 0.3 is 6.09 Å². The minimum atomic E-state index is -1.32. The van der Waals surface area contributed by atoms with Crippen molar-refractivity contribution >= 4 is 23.0 Å². The fourth-order valence-corrected chi connectivity index (χ4v) is 1.67. The molecule has 0 saturated heterocycles. The molecule has 19 heavy (non-hydrogen) atoms. The summed E-state index contributed by atoms with van der Waals surface area (Å²) >= 11 is 0. The zero-order valence-electron chi connectivity index (χ0n) is 10.0. The van der Waals surface area contributed by atoms with Gasteiger partial charge in [0.15, 0.2) is 11.4 Å². The molecule has 0 radical (unpaired) electrons. The Morgan fingerprint density at radius 2 is 2.26 bits per heavy atom. The van der Waals surface area contributed by atoms with Crippen LogP contribution in [0.25, 0.3) is 11.1 Å². The van der Waals surface area contributed by atoms with Gasteiger partial charge in [-0.15, -0.1) is 0 Å². The Labute approximate surface area is 107 Å². The Morgan fingerprint density at radius 3 is 2.84 bits per heavy atom. The number of hydrogen-bond donors (Lipinski definition) is 2. The maximum atomic E-state index is 13.4. The first-order valence-corrected chi connectivity index (χ1v) is 5.61. The van der Waals surface area contributed by atoms with Crippen molar-refractivity contribution in [2.75, 3.05) is 0 Å². The molecule has 0 saturated carbocycles. The Balaban J connectivity index is 2.35. The first-order valence-electron chi connectivity index (χ1n) is 5.61. The molecule has 1 amide bonds. The smallest absolute Gasteiger partial charge is 0.405 e. The lowest BCUT2D eigenvalue weighted by Gasteiger charge is -2.10. The number of carboxylic acid groups (broad SMARTS) is 1. The van der Waals surface area contributed by atoms with Crippen LogP contribution in [0, 0.1) is 5.82 Å². The number of benzene rings is 1. The van der Waals surface area contributed by atoms with Crippen LogP contribution in [-0.4, -0.2) is 28.0 Å². The molecule has 2 rings (SSSR count). The molecule has 0 aliphatic rings. The third-order valence-electron chi connectivity index (χ3n) is 2.60. The second-order valence-corrected chi connectivity index (χ2v) is 3.88. The second-order valence-electron chi connectivity index (χ2n) is 3.88. The predicted octanol–water partition coefficient (Wildman–Crippen LogP) is 2.20. The molecule has 0 fully saturated rings. The fourth-order valence-electron chi connectivity index (χ4n) is 1.67. The number of rotatable bonds is 4. The minimum absolute atomic E-state index is 0.115. The molecule has 0 spiro atoms. The molecule has 1 unspecified atom stereocenters. The molecule has 0 aliphatic heterocycles. The molecule has 1 heterocycles. The van der Waals surface area contributed by atoms with Crippen molar-refractivity contribution in [2.45, 2.75) is 19.4 Å². The van der Waals surface area contributed by atoms with Gasteiger partial charge in [0.2, 0.25) is 5.78 Å². The highest BCUT2D eigenvalue weighted by molar-refractivity contribution is 5.99. The largest absolute Gasteiger partial charge is 0.465 e. The molecule has 6 nitrogen and oxygen atoms in total. The van der Waals surface area contributed by atoms with Gasteiger partial charge in [-0.1, -0.05) is 13.0 Å². The number of para-hydroxylation sites is 1. The van der Waals surface area contributed by atoms with Crippen LogP contribution in [0.2, 0.25) is 0 Å². The average molecular weight is 266 g/mol. The molecular weight excluding hydrogens is 255 g/mol. The van der Waals surface area contributed by atoms with Crippen LogP contribution in [0.3, 0.4) is 0 Å². The van der Waals surface area contributed by atoms with Gasteiger partial charge < -0.3 is 14.8 Å². The quantitative estimate of drug-likeness (QED) is 0.827. The van der Waals surface area contributed by atoms with Crippen molar-refractivity contribution in [1.82, 2.24) is 10.3 Å². The summed E-state index contributed by atoms with van der Waals surface area (Å²) in [5.41, 5.74) is 0.101. The highest BCUT2D eigenvalue weighted by atomic mass is 19.1. The monoisotopic (exact) mass is 266 g/mol. The molecule has 0 bridgehead atoms. The Kier molecular flexibility index (Phi) is 3.46. The summed E-state index contributed by atoms with van der Waals surface area (Å²) < 4.78 is 18.5. The third-order valence-corrected chi connectivity index (χ3v) is 2.60. The van der Waals surface area contributed by atoms with Crippen LogP contribution < -0.4 is 5.32 Å². The van der Waals surface area contributed by atoms with E-state index in [-0.39, 0.29) is 23.4 Å². The van der Waals surface area contributed by atoms with Crippen LogP contribution in [0.15, 0.2) is 22.6 Å². The lowest BCUT2D eigenvalue weighted by atomic mass is 10.1. The standard InChI is InChI=1S/C12H11FN2O4/c1-2-7(15-12(17)18)9(16)11-14-8-5-3-4-6(13)10(8)19-11/h3-5,7,15H,2H2,1H3,(H,17,18). The van der Waals surface area contributed by atoms with Gasteiger partial charge in [0.1, 0.15) is 11.6 Å². The Morgan fingerprint density at radius 1 is 1.53 bits per heavy atom. The topological polar surface area (TPSA) is 92.4 Å². The predicted molar refractivity (Wildman–Crippen MR) is 63.5 cm³/mol. The molecule has 1 aromatic carbocycles. The van der Waals surface area contributed by atoms with Crippen molar-refractivity contribution in [2.24, 2.45) is 0 Å². The van der Waals surface area contributed by atoms with Gasteiger partial charge in [-0.2, -0.15) is 0 Å². The molecule has 100 valence electrons. The normalized spacial score (nSPS) is 12.3. The number of hydrogen-bond acceptors (Lipinski definition) is 4. The molecular formula is C12H11FN2O4. The van der Waals surface area contributed by atoms with Gasteiger partial charge in [0.25, 0.3) is 5.89 Å². The molecule has 1 aromatic heterocycles. The van der Waals surface area contributed by atoms with E-state index in [9.17, 15) is 14.0 Å². The number of ketones is 1. The maximum absolute atomic E-state index is 13.4. The van der Waals surface area contributed by atoms with E-state index in [2.05, 4.69) is 10.3 Å². The van der Waals surface area contributed by atoms with Gasteiger partial charge in [-0.25, -0.2) is 14.2 Å². The number of oxazole rings is 1. The number of nitrogens with zero attached hydrogens (tertiary/aromatic N) is 1. The Bertz CT molecular complexity index is 638. The first kappa shape index (κ1) is 13.0. The van der Waals surface area contributed by atoms with Crippen molar-refractivity contribution < 1.29 is 23.5 Å². The third kappa shape index (κ3) is 2.54. The minimum Gasteiger partial charge on any atom is -0.465 e. The number of carbonyl (C=O) groups is 2. The summed E-state index contributed by atoms with van der Waals surface area (Å²) in [6.07, 6.45) is -1.07. The van der Waals surface area contributed by atoms with Crippen molar-refractivity contribution in [1.29, 1.82) is 0 Å². The van der Waals surface area contributed by atoms with Crippen molar-refractivity contribution in [3.05, 3.63) is 29.9 Å². The number of carbonyl (C=O) groups excluding carboxylic acids is 1. The van der Waals surface area contributed by atoms with Crippen LogP contribution in [0.4, 0.5) is 9.18 Å². The van der Waals surface area contributed by atoms with E-state index in [1.54, 1.807) is 6.92 Å².